The average Bonchev–Trinajstić information content (AvgIpc) is 3.35. The van der Waals surface area contributed by atoms with Crippen LogP contribution in [-0.4, -0.2) is 34.3 Å². The lowest BCUT2D eigenvalue weighted by atomic mass is 10.1. The van der Waals surface area contributed by atoms with Crippen molar-refractivity contribution in [2.45, 2.75) is 44.9 Å². The van der Waals surface area contributed by atoms with Crippen LogP contribution in [0.5, 0.6) is 5.75 Å². The molecule has 2 atom stereocenters. The molecule has 0 saturated carbocycles. The highest BCUT2D eigenvalue weighted by molar-refractivity contribution is 5.89. The molecule has 2 heterocycles. The molecule has 3 aromatic rings. The van der Waals surface area contributed by atoms with Crippen molar-refractivity contribution in [1.29, 1.82) is 0 Å². The third-order valence-electron chi connectivity index (χ3n) is 5.90. The lowest BCUT2D eigenvalue weighted by Crippen LogP contribution is -2.47. The van der Waals surface area contributed by atoms with E-state index >= 15 is 0 Å². The van der Waals surface area contributed by atoms with E-state index in [-0.39, 0.29) is 17.9 Å². The molecule has 0 aliphatic carbocycles. The second-order valence-corrected chi connectivity index (χ2v) is 8.32. The molecule has 6 nitrogen and oxygen atoms in total. The van der Waals surface area contributed by atoms with Gasteiger partial charge in [-0.25, -0.2) is 0 Å². The fourth-order valence-electron chi connectivity index (χ4n) is 4.12. The van der Waals surface area contributed by atoms with Gasteiger partial charge in [-0.05, 0) is 55.2 Å². The van der Waals surface area contributed by atoms with Gasteiger partial charge in [0.05, 0.1) is 18.2 Å². The minimum atomic E-state index is -0.424. The Balaban J connectivity index is 1.35. The Labute approximate surface area is 194 Å². The summed E-state index contributed by atoms with van der Waals surface area (Å²) >= 11 is 0. The van der Waals surface area contributed by atoms with Gasteiger partial charge in [-0.15, -0.1) is 0 Å². The standard InChI is InChI=1S/C27H29N3O3/c1-20(22-11-7-13-24(18-22)33-19-23-12-5-6-15-28-23)29-27(32)25-14-8-16-30(25)26(31)17-21-9-3-2-4-10-21/h2-7,9-13,15,18,20,25H,8,14,16-17,19H2,1H3,(H,29,32). The number of rotatable bonds is 8. The van der Waals surface area contributed by atoms with E-state index in [0.29, 0.717) is 26.0 Å². The van der Waals surface area contributed by atoms with E-state index in [2.05, 4.69) is 10.3 Å². The Kier molecular flexibility index (Phi) is 7.35. The number of nitrogens with one attached hydrogen (secondary N) is 1. The maximum atomic E-state index is 13.0. The molecule has 170 valence electrons. The van der Waals surface area contributed by atoms with Crippen molar-refractivity contribution < 1.29 is 14.3 Å². The van der Waals surface area contributed by atoms with Gasteiger partial charge in [0.1, 0.15) is 18.4 Å². The van der Waals surface area contributed by atoms with E-state index in [1.807, 2.05) is 79.7 Å². The van der Waals surface area contributed by atoms with Crippen molar-refractivity contribution in [2.75, 3.05) is 6.54 Å². The van der Waals surface area contributed by atoms with Crippen LogP contribution in [0.4, 0.5) is 0 Å². The highest BCUT2D eigenvalue weighted by atomic mass is 16.5. The number of hydrogen-bond donors (Lipinski definition) is 1. The van der Waals surface area contributed by atoms with Crippen molar-refractivity contribution in [1.82, 2.24) is 15.2 Å². The molecule has 0 bridgehead atoms. The molecule has 1 saturated heterocycles. The number of pyridine rings is 1. The van der Waals surface area contributed by atoms with Crippen LogP contribution in [-0.2, 0) is 22.6 Å². The molecule has 2 aromatic carbocycles. The number of ether oxygens (including phenoxy) is 1. The minimum Gasteiger partial charge on any atom is -0.487 e. The topological polar surface area (TPSA) is 71.5 Å². The van der Waals surface area contributed by atoms with Crippen LogP contribution in [0, 0.1) is 0 Å². The molecule has 0 spiro atoms. The van der Waals surface area contributed by atoms with Crippen LogP contribution in [0.2, 0.25) is 0 Å². The predicted octanol–water partition coefficient (Wildman–Crippen LogP) is 4.07. The molecule has 1 aliphatic rings. The molecule has 1 aromatic heterocycles. The third-order valence-corrected chi connectivity index (χ3v) is 5.90. The summed E-state index contributed by atoms with van der Waals surface area (Å²) in [7, 11) is 0. The normalized spacial score (nSPS) is 16.3. The zero-order valence-corrected chi connectivity index (χ0v) is 18.8. The first kappa shape index (κ1) is 22.5. The maximum absolute atomic E-state index is 13.0. The van der Waals surface area contributed by atoms with Gasteiger partial charge in [-0.1, -0.05) is 48.5 Å². The van der Waals surface area contributed by atoms with Gasteiger partial charge in [0.15, 0.2) is 0 Å². The summed E-state index contributed by atoms with van der Waals surface area (Å²) in [5.74, 6) is 0.609. The highest BCUT2D eigenvalue weighted by Crippen LogP contribution is 2.23. The first-order valence-corrected chi connectivity index (χ1v) is 11.4. The number of likely N-dealkylation sites (tertiary alicyclic amines) is 1. The van der Waals surface area contributed by atoms with E-state index in [0.717, 1.165) is 29.0 Å². The van der Waals surface area contributed by atoms with Gasteiger partial charge in [-0.2, -0.15) is 0 Å². The number of hydrogen-bond acceptors (Lipinski definition) is 4. The largest absolute Gasteiger partial charge is 0.487 e. The van der Waals surface area contributed by atoms with E-state index in [1.165, 1.54) is 0 Å². The summed E-state index contributed by atoms with van der Waals surface area (Å²) in [4.78, 5) is 31.9. The number of nitrogens with zero attached hydrogens (tertiary/aromatic N) is 2. The predicted molar refractivity (Wildman–Crippen MR) is 126 cm³/mol. The Morgan fingerprint density at radius 2 is 1.91 bits per heavy atom. The van der Waals surface area contributed by atoms with Gasteiger partial charge in [0.2, 0.25) is 11.8 Å². The smallest absolute Gasteiger partial charge is 0.243 e. The zero-order chi connectivity index (χ0) is 23.0. The fraction of sp³-hybridized carbons (Fsp3) is 0.296. The van der Waals surface area contributed by atoms with Gasteiger partial charge < -0.3 is 15.0 Å². The summed E-state index contributed by atoms with van der Waals surface area (Å²) in [5, 5.41) is 3.09. The van der Waals surface area contributed by atoms with E-state index in [9.17, 15) is 9.59 Å². The SMILES string of the molecule is CC(NC(=O)C1CCCN1C(=O)Cc1ccccc1)c1cccc(OCc2ccccn2)c1. The first-order chi connectivity index (χ1) is 16.1. The van der Waals surface area contributed by atoms with Gasteiger partial charge in [-0.3, -0.25) is 14.6 Å². The second kappa shape index (κ2) is 10.8. The van der Waals surface area contributed by atoms with E-state index in [1.54, 1.807) is 11.1 Å². The molecule has 2 unspecified atom stereocenters. The molecule has 1 aliphatic heterocycles. The van der Waals surface area contributed by atoms with Crippen molar-refractivity contribution in [3.05, 3.63) is 95.8 Å². The van der Waals surface area contributed by atoms with Crippen LogP contribution in [0.25, 0.3) is 0 Å². The quantitative estimate of drug-likeness (QED) is 0.570. The molecule has 1 fully saturated rings. The molecule has 4 rings (SSSR count). The lowest BCUT2D eigenvalue weighted by molar-refractivity contribution is -0.138. The van der Waals surface area contributed by atoms with Crippen LogP contribution < -0.4 is 10.1 Å². The number of benzene rings is 2. The summed E-state index contributed by atoms with van der Waals surface area (Å²) in [6.45, 7) is 2.95. The van der Waals surface area contributed by atoms with Crippen molar-refractivity contribution >= 4 is 11.8 Å². The summed E-state index contributed by atoms with van der Waals surface area (Å²) < 4.78 is 5.86. The lowest BCUT2D eigenvalue weighted by Gasteiger charge is -2.26. The molecule has 6 heteroatoms. The zero-order valence-electron chi connectivity index (χ0n) is 18.8. The summed E-state index contributed by atoms with van der Waals surface area (Å²) in [6.07, 6.45) is 3.58. The molecule has 2 amide bonds. The number of carbonyl (C=O) groups excluding carboxylic acids is 2. The second-order valence-electron chi connectivity index (χ2n) is 8.32. The minimum absolute atomic E-state index is 0.00331. The molecule has 0 radical (unpaired) electrons. The van der Waals surface area contributed by atoms with Crippen molar-refractivity contribution in [3.63, 3.8) is 0 Å². The fourth-order valence-corrected chi connectivity index (χ4v) is 4.12. The van der Waals surface area contributed by atoms with Gasteiger partial charge in [0, 0.05) is 12.7 Å². The van der Waals surface area contributed by atoms with Crippen molar-refractivity contribution in [2.24, 2.45) is 0 Å². The highest BCUT2D eigenvalue weighted by Gasteiger charge is 2.34. The number of amides is 2. The van der Waals surface area contributed by atoms with Crippen molar-refractivity contribution in [3.8, 4) is 5.75 Å². The first-order valence-electron chi connectivity index (χ1n) is 11.4. The maximum Gasteiger partial charge on any atom is 0.243 e. The average molecular weight is 444 g/mol. The Bertz CT molecular complexity index is 1070. The number of aromatic nitrogens is 1. The molecular formula is C27H29N3O3. The van der Waals surface area contributed by atoms with Crippen LogP contribution in [0.15, 0.2) is 79.0 Å². The van der Waals surface area contributed by atoms with Gasteiger partial charge in [0.25, 0.3) is 0 Å². The third kappa shape index (κ3) is 5.98. The van der Waals surface area contributed by atoms with Crippen LogP contribution in [0.1, 0.15) is 42.6 Å². The Morgan fingerprint density at radius 1 is 1.09 bits per heavy atom. The Hall–Kier alpha value is -3.67. The molecule has 1 N–H and O–H groups in total. The van der Waals surface area contributed by atoms with Crippen LogP contribution >= 0.6 is 0 Å². The Morgan fingerprint density at radius 3 is 2.70 bits per heavy atom. The summed E-state index contributed by atoms with van der Waals surface area (Å²) in [5.41, 5.74) is 2.76. The van der Waals surface area contributed by atoms with E-state index in [4.69, 9.17) is 4.74 Å². The summed E-state index contributed by atoms with van der Waals surface area (Å²) in [6, 6.07) is 22.4. The molecule has 33 heavy (non-hydrogen) atoms. The monoisotopic (exact) mass is 443 g/mol. The van der Waals surface area contributed by atoms with E-state index < -0.39 is 6.04 Å². The number of carbonyl (C=O) groups is 2. The van der Waals surface area contributed by atoms with Crippen LogP contribution in [0.3, 0.4) is 0 Å². The molecular weight excluding hydrogens is 414 g/mol. The van der Waals surface area contributed by atoms with Gasteiger partial charge >= 0.3 is 0 Å².